The molecule has 1 aromatic carbocycles. The third-order valence-electron chi connectivity index (χ3n) is 4.69. The van der Waals surface area contributed by atoms with Crippen molar-refractivity contribution in [2.24, 2.45) is 5.41 Å². The van der Waals surface area contributed by atoms with Crippen LogP contribution in [0.1, 0.15) is 46.5 Å². The van der Waals surface area contributed by atoms with Crippen molar-refractivity contribution in [3.63, 3.8) is 0 Å². The average Bonchev–Trinajstić information content (AvgIpc) is 2.90. The second kappa shape index (κ2) is 6.38. The summed E-state index contributed by atoms with van der Waals surface area (Å²) in [5.74, 6) is 0.896. The van der Waals surface area contributed by atoms with E-state index in [-0.39, 0.29) is 0 Å². The minimum atomic E-state index is 0.481. The topological polar surface area (TPSA) is 38.5 Å². The van der Waals surface area contributed by atoms with Gasteiger partial charge in [0.25, 0.3) is 0 Å². The Balaban J connectivity index is 2.15. The standard InChI is InChI=1S/C17H28N2O/c1-4-9-20-16-11-14(18)10-15(12-16)19-8-7-17(5-2,6-3)13-19/h10-12H,4-9,13,18H2,1-3H3. The Bertz CT molecular complexity index is 441. The van der Waals surface area contributed by atoms with Crippen LogP contribution in [0, 0.1) is 5.41 Å². The van der Waals surface area contributed by atoms with Gasteiger partial charge < -0.3 is 15.4 Å². The van der Waals surface area contributed by atoms with Crippen molar-refractivity contribution in [3.8, 4) is 5.75 Å². The van der Waals surface area contributed by atoms with Gasteiger partial charge in [0, 0.05) is 36.6 Å². The van der Waals surface area contributed by atoms with Crippen molar-refractivity contribution in [1.82, 2.24) is 0 Å². The molecule has 0 aromatic heterocycles. The number of anilines is 2. The second-order valence-corrected chi connectivity index (χ2v) is 5.99. The van der Waals surface area contributed by atoms with Crippen molar-refractivity contribution < 1.29 is 4.74 Å². The number of ether oxygens (including phenoxy) is 1. The number of hydrogen-bond donors (Lipinski definition) is 1. The minimum absolute atomic E-state index is 0.481. The minimum Gasteiger partial charge on any atom is -0.493 e. The smallest absolute Gasteiger partial charge is 0.123 e. The molecule has 0 atom stereocenters. The Morgan fingerprint density at radius 3 is 2.55 bits per heavy atom. The fourth-order valence-electron chi connectivity index (χ4n) is 3.07. The molecular weight excluding hydrogens is 248 g/mol. The Labute approximate surface area is 123 Å². The first-order chi connectivity index (χ1) is 9.62. The number of nitrogens with zero attached hydrogens (tertiary/aromatic N) is 1. The molecule has 0 unspecified atom stereocenters. The highest BCUT2D eigenvalue weighted by atomic mass is 16.5. The highest BCUT2D eigenvalue weighted by molar-refractivity contribution is 5.61. The van der Waals surface area contributed by atoms with E-state index in [2.05, 4.69) is 37.8 Å². The fraction of sp³-hybridized carbons (Fsp3) is 0.647. The van der Waals surface area contributed by atoms with Crippen LogP contribution in [0.25, 0.3) is 0 Å². The number of rotatable bonds is 6. The van der Waals surface area contributed by atoms with Crippen molar-refractivity contribution in [2.75, 3.05) is 30.3 Å². The third-order valence-corrected chi connectivity index (χ3v) is 4.69. The molecule has 0 amide bonds. The van der Waals surface area contributed by atoms with Gasteiger partial charge in [0.1, 0.15) is 5.75 Å². The van der Waals surface area contributed by atoms with E-state index in [9.17, 15) is 0 Å². The van der Waals surface area contributed by atoms with E-state index in [0.717, 1.165) is 37.6 Å². The van der Waals surface area contributed by atoms with E-state index in [1.165, 1.54) is 24.9 Å². The highest BCUT2D eigenvalue weighted by Gasteiger charge is 2.35. The summed E-state index contributed by atoms with van der Waals surface area (Å²) in [5, 5.41) is 0. The molecule has 0 saturated carbocycles. The lowest BCUT2D eigenvalue weighted by Crippen LogP contribution is -2.26. The maximum atomic E-state index is 6.02. The molecule has 1 aliphatic rings. The molecule has 0 bridgehead atoms. The van der Waals surface area contributed by atoms with Gasteiger partial charge in [0.05, 0.1) is 6.61 Å². The van der Waals surface area contributed by atoms with E-state index in [1.54, 1.807) is 0 Å². The average molecular weight is 276 g/mol. The lowest BCUT2D eigenvalue weighted by Gasteiger charge is -2.27. The van der Waals surface area contributed by atoms with E-state index in [4.69, 9.17) is 10.5 Å². The summed E-state index contributed by atoms with van der Waals surface area (Å²) < 4.78 is 5.73. The van der Waals surface area contributed by atoms with Crippen LogP contribution in [-0.2, 0) is 0 Å². The van der Waals surface area contributed by atoms with E-state index >= 15 is 0 Å². The van der Waals surface area contributed by atoms with Crippen molar-refractivity contribution in [2.45, 2.75) is 46.5 Å². The summed E-state index contributed by atoms with van der Waals surface area (Å²) in [7, 11) is 0. The van der Waals surface area contributed by atoms with Gasteiger partial charge in [-0.25, -0.2) is 0 Å². The number of nitrogen functional groups attached to an aromatic ring is 1. The molecular formula is C17H28N2O. The van der Waals surface area contributed by atoms with Crippen molar-refractivity contribution in [3.05, 3.63) is 18.2 Å². The molecule has 1 aromatic rings. The van der Waals surface area contributed by atoms with Gasteiger partial charge in [0.2, 0.25) is 0 Å². The molecule has 3 heteroatoms. The van der Waals surface area contributed by atoms with Crippen LogP contribution >= 0.6 is 0 Å². The zero-order chi connectivity index (χ0) is 14.6. The summed E-state index contributed by atoms with van der Waals surface area (Å²) in [6.07, 6.45) is 4.80. The summed E-state index contributed by atoms with van der Waals surface area (Å²) in [6, 6.07) is 6.12. The quantitative estimate of drug-likeness (QED) is 0.796. The molecule has 1 aliphatic heterocycles. The van der Waals surface area contributed by atoms with Crippen LogP contribution < -0.4 is 15.4 Å². The molecule has 2 N–H and O–H groups in total. The molecule has 0 spiro atoms. The normalized spacial score (nSPS) is 17.4. The number of benzene rings is 1. The summed E-state index contributed by atoms with van der Waals surface area (Å²) >= 11 is 0. The van der Waals surface area contributed by atoms with Crippen LogP contribution in [0.2, 0.25) is 0 Å². The van der Waals surface area contributed by atoms with E-state index in [1.807, 2.05) is 6.07 Å². The largest absolute Gasteiger partial charge is 0.493 e. The molecule has 1 saturated heterocycles. The van der Waals surface area contributed by atoms with Gasteiger partial charge in [-0.2, -0.15) is 0 Å². The van der Waals surface area contributed by atoms with Gasteiger partial charge in [0.15, 0.2) is 0 Å². The molecule has 112 valence electrons. The SMILES string of the molecule is CCCOc1cc(N)cc(N2CCC(CC)(CC)C2)c1. The second-order valence-electron chi connectivity index (χ2n) is 5.99. The van der Waals surface area contributed by atoms with E-state index < -0.39 is 0 Å². The first-order valence-electron chi connectivity index (χ1n) is 7.91. The zero-order valence-electron chi connectivity index (χ0n) is 13.1. The maximum Gasteiger partial charge on any atom is 0.123 e. The van der Waals surface area contributed by atoms with Gasteiger partial charge in [-0.3, -0.25) is 0 Å². The lowest BCUT2D eigenvalue weighted by molar-refractivity contribution is 0.301. The fourth-order valence-corrected chi connectivity index (χ4v) is 3.07. The third kappa shape index (κ3) is 3.20. The summed E-state index contributed by atoms with van der Waals surface area (Å²) in [6.45, 7) is 9.74. The lowest BCUT2D eigenvalue weighted by atomic mass is 9.82. The first kappa shape index (κ1) is 15.0. The Morgan fingerprint density at radius 2 is 1.95 bits per heavy atom. The zero-order valence-corrected chi connectivity index (χ0v) is 13.1. The predicted molar refractivity (Wildman–Crippen MR) is 86.5 cm³/mol. The maximum absolute atomic E-state index is 6.02. The van der Waals surface area contributed by atoms with Crippen molar-refractivity contribution in [1.29, 1.82) is 0 Å². The van der Waals surface area contributed by atoms with Gasteiger partial charge in [-0.05, 0) is 37.2 Å². The summed E-state index contributed by atoms with van der Waals surface area (Å²) in [5.41, 5.74) is 8.50. The van der Waals surface area contributed by atoms with Gasteiger partial charge in [-0.1, -0.05) is 20.8 Å². The van der Waals surface area contributed by atoms with Crippen molar-refractivity contribution >= 4 is 11.4 Å². The molecule has 3 nitrogen and oxygen atoms in total. The van der Waals surface area contributed by atoms with Crippen LogP contribution in [0.3, 0.4) is 0 Å². The molecule has 2 rings (SSSR count). The van der Waals surface area contributed by atoms with Gasteiger partial charge >= 0.3 is 0 Å². The van der Waals surface area contributed by atoms with Gasteiger partial charge in [-0.15, -0.1) is 0 Å². The monoisotopic (exact) mass is 276 g/mol. The van der Waals surface area contributed by atoms with Crippen LogP contribution in [0.5, 0.6) is 5.75 Å². The molecule has 1 fully saturated rings. The Morgan fingerprint density at radius 1 is 1.20 bits per heavy atom. The Kier molecular flexibility index (Phi) is 4.79. The molecule has 0 radical (unpaired) electrons. The van der Waals surface area contributed by atoms with Crippen LogP contribution in [0.4, 0.5) is 11.4 Å². The highest BCUT2D eigenvalue weighted by Crippen LogP contribution is 2.40. The van der Waals surface area contributed by atoms with Crippen LogP contribution in [-0.4, -0.2) is 19.7 Å². The predicted octanol–water partition coefficient (Wildman–Crippen LogP) is 4.07. The van der Waals surface area contributed by atoms with E-state index in [0.29, 0.717) is 5.41 Å². The van der Waals surface area contributed by atoms with Crippen LogP contribution in [0.15, 0.2) is 18.2 Å². The molecule has 20 heavy (non-hydrogen) atoms. The first-order valence-corrected chi connectivity index (χ1v) is 7.91. The molecule has 1 heterocycles. The molecule has 0 aliphatic carbocycles. The number of hydrogen-bond acceptors (Lipinski definition) is 3. The summed E-state index contributed by atoms with van der Waals surface area (Å²) in [4.78, 5) is 2.46. The number of nitrogens with two attached hydrogens (primary N) is 1. The Hall–Kier alpha value is -1.38.